The van der Waals surface area contributed by atoms with Crippen molar-refractivity contribution in [2.45, 2.75) is 6.10 Å². The van der Waals surface area contributed by atoms with Gasteiger partial charge in [0.05, 0.1) is 10.2 Å². The zero-order valence-corrected chi connectivity index (χ0v) is 13.4. The largest absolute Gasteiger partial charge is 0.491 e. The lowest BCUT2D eigenvalue weighted by molar-refractivity contribution is 0.0842. The number of fused-ring (bicyclic) bond motifs is 1. The third-order valence-corrected chi connectivity index (χ3v) is 4.47. The molecular weight excluding hydrogens is 314 g/mol. The lowest BCUT2D eigenvalue weighted by atomic mass is 10.2. The first kappa shape index (κ1) is 15.7. The number of benzene rings is 2. The van der Waals surface area contributed by atoms with Crippen LogP contribution >= 0.6 is 11.3 Å². The maximum absolute atomic E-state index is 12.2. The van der Waals surface area contributed by atoms with Gasteiger partial charge in [-0.15, -0.1) is 11.3 Å². The zero-order valence-electron chi connectivity index (χ0n) is 12.6. The molecule has 2 aromatic carbocycles. The zero-order chi connectivity index (χ0) is 16.2. The molecule has 0 aliphatic rings. The van der Waals surface area contributed by atoms with Gasteiger partial charge in [-0.2, -0.15) is 0 Å². The van der Waals surface area contributed by atoms with E-state index < -0.39 is 12.8 Å². The molecule has 23 heavy (non-hydrogen) atoms. The van der Waals surface area contributed by atoms with Gasteiger partial charge in [0.15, 0.2) is 0 Å². The fraction of sp³-hybridized carbons (Fsp3) is 0.235. The minimum absolute atomic E-state index is 0.0564. The Kier molecular flexibility index (Phi) is 4.73. The van der Waals surface area contributed by atoms with Crippen molar-refractivity contribution in [2.24, 2.45) is 0 Å². The van der Waals surface area contributed by atoms with Gasteiger partial charge in [-0.25, -0.2) is 9.37 Å². The molecule has 3 rings (SSSR count). The van der Waals surface area contributed by atoms with E-state index in [4.69, 9.17) is 4.74 Å². The van der Waals surface area contributed by atoms with E-state index in [1.165, 1.54) is 0 Å². The topological polar surface area (TPSA) is 54.4 Å². The third kappa shape index (κ3) is 3.60. The quantitative estimate of drug-likeness (QED) is 0.723. The Morgan fingerprint density at radius 1 is 1.26 bits per heavy atom. The highest BCUT2D eigenvalue weighted by atomic mass is 32.1. The second-order valence-electron chi connectivity index (χ2n) is 5.10. The summed E-state index contributed by atoms with van der Waals surface area (Å²) in [6, 6.07) is 13.6. The summed E-state index contributed by atoms with van der Waals surface area (Å²) in [5, 5.41) is 13.2. The predicted octanol–water partition coefficient (Wildman–Crippen LogP) is 3.71. The van der Waals surface area contributed by atoms with Gasteiger partial charge in [-0.3, -0.25) is 0 Å². The van der Waals surface area contributed by atoms with Crippen molar-refractivity contribution in [3.05, 3.63) is 42.5 Å². The van der Waals surface area contributed by atoms with Crippen molar-refractivity contribution < 1.29 is 14.2 Å². The number of aliphatic hydroxyl groups is 1. The number of alkyl halides is 1. The average Bonchev–Trinajstić information content (AvgIpc) is 3.03. The number of aromatic nitrogens is 1. The molecule has 1 aromatic heterocycles. The van der Waals surface area contributed by atoms with E-state index in [0.29, 0.717) is 5.75 Å². The first-order valence-electron chi connectivity index (χ1n) is 7.25. The number of thiazole rings is 1. The Bertz CT molecular complexity index is 789. The van der Waals surface area contributed by atoms with Crippen LogP contribution < -0.4 is 10.1 Å². The van der Waals surface area contributed by atoms with Gasteiger partial charge in [-0.05, 0) is 42.5 Å². The molecule has 4 nitrogen and oxygen atoms in total. The summed E-state index contributed by atoms with van der Waals surface area (Å²) < 4.78 is 18.6. The van der Waals surface area contributed by atoms with E-state index in [9.17, 15) is 9.50 Å². The van der Waals surface area contributed by atoms with Crippen LogP contribution in [-0.2, 0) is 0 Å². The Labute approximate surface area is 137 Å². The minimum Gasteiger partial charge on any atom is -0.491 e. The smallest absolute Gasteiger partial charge is 0.124 e. The van der Waals surface area contributed by atoms with Crippen LogP contribution in [0.2, 0.25) is 0 Å². The van der Waals surface area contributed by atoms with Crippen molar-refractivity contribution in [3.8, 4) is 16.3 Å². The molecule has 0 amide bonds. The van der Waals surface area contributed by atoms with E-state index in [2.05, 4.69) is 10.3 Å². The summed E-state index contributed by atoms with van der Waals surface area (Å²) in [6.07, 6.45) is -1.09. The van der Waals surface area contributed by atoms with Gasteiger partial charge in [0.25, 0.3) is 0 Å². The summed E-state index contributed by atoms with van der Waals surface area (Å²) in [6.45, 7) is -0.866. The van der Waals surface area contributed by atoms with Crippen LogP contribution in [0.25, 0.3) is 20.8 Å². The molecule has 2 N–H and O–H groups in total. The second kappa shape index (κ2) is 6.93. The number of nitrogens with one attached hydrogen (secondary N) is 1. The molecule has 1 heterocycles. The summed E-state index contributed by atoms with van der Waals surface area (Å²) in [5.41, 5.74) is 3.00. The van der Waals surface area contributed by atoms with E-state index in [1.807, 2.05) is 43.4 Å². The van der Waals surface area contributed by atoms with Gasteiger partial charge in [-0.1, -0.05) is 0 Å². The maximum Gasteiger partial charge on any atom is 0.124 e. The van der Waals surface area contributed by atoms with Crippen LogP contribution in [0.3, 0.4) is 0 Å². The molecule has 0 fully saturated rings. The van der Waals surface area contributed by atoms with E-state index in [0.717, 1.165) is 26.5 Å². The average molecular weight is 331 g/mol. The molecular formula is C17H17FN2O2S. The van der Waals surface area contributed by atoms with E-state index >= 15 is 0 Å². The van der Waals surface area contributed by atoms with Crippen molar-refractivity contribution in [3.63, 3.8) is 0 Å². The molecule has 0 saturated heterocycles. The van der Waals surface area contributed by atoms with Crippen LogP contribution in [0.1, 0.15) is 0 Å². The fourth-order valence-corrected chi connectivity index (χ4v) is 3.13. The summed E-state index contributed by atoms with van der Waals surface area (Å²) >= 11 is 1.57. The van der Waals surface area contributed by atoms with Crippen LogP contribution in [0.15, 0.2) is 42.5 Å². The molecule has 6 heteroatoms. The van der Waals surface area contributed by atoms with Gasteiger partial charge >= 0.3 is 0 Å². The van der Waals surface area contributed by atoms with Crippen LogP contribution in [0, 0.1) is 0 Å². The number of rotatable bonds is 6. The summed E-state index contributed by atoms with van der Waals surface area (Å²) in [7, 11) is 1.88. The molecule has 0 aliphatic heterocycles. The number of nitrogens with zero attached hydrogens (tertiary/aromatic N) is 1. The number of ether oxygens (including phenoxy) is 1. The lowest BCUT2D eigenvalue weighted by Crippen LogP contribution is -2.19. The van der Waals surface area contributed by atoms with Crippen molar-refractivity contribution in [1.29, 1.82) is 0 Å². The molecule has 0 radical (unpaired) electrons. The monoisotopic (exact) mass is 331 g/mol. The first-order chi connectivity index (χ1) is 11.2. The molecule has 0 aliphatic carbocycles. The Balaban J connectivity index is 1.83. The van der Waals surface area contributed by atoms with E-state index in [1.54, 1.807) is 17.4 Å². The number of halogens is 1. The fourth-order valence-electron chi connectivity index (χ4n) is 2.13. The Morgan fingerprint density at radius 2 is 2.04 bits per heavy atom. The van der Waals surface area contributed by atoms with Crippen LogP contribution in [0.5, 0.6) is 5.75 Å². The van der Waals surface area contributed by atoms with Crippen LogP contribution in [-0.4, -0.2) is 36.5 Å². The highest BCUT2D eigenvalue weighted by molar-refractivity contribution is 7.21. The molecule has 0 bridgehead atoms. The molecule has 1 atom stereocenters. The first-order valence-corrected chi connectivity index (χ1v) is 8.07. The van der Waals surface area contributed by atoms with Crippen LogP contribution in [0.4, 0.5) is 10.1 Å². The van der Waals surface area contributed by atoms with Gasteiger partial charge < -0.3 is 15.2 Å². The van der Waals surface area contributed by atoms with Crippen molar-refractivity contribution >= 4 is 27.2 Å². The highest BCUT2D eigenvalue weighted by Gasteiger charge is 2.09. The van der Waals surface area contributed by atoms with Gasteiger partial charge in [0.2, 0.25) is 0 Å². The van der Waals surface area contributed by atoms with Gasteiger partial charge in [0.1, 0.15) is 30.1 Å². The van der Waals surface area contributed by atoms with Crippen molar-refractivity contribution in [2.75, 3.05) is 25.6 Å². The van der Waals surface area contributed by atoms with Crippen molar-refractivity contribution in [1.82, 2.24) is 4.98 Å². The highest BCUT2D eigenvalue weighted by Crippen LogP contribution is 2.32. The summed E-state index contributed by atoms with van der Waals surface area (Å²) in [5.74, 6) is 0.603. The second-order valence-corrected chi connectivity index (χ2v) is 6.13. The molecule has 120 valence electrons. The third-order valence-electron chi connectivity index (χ3n) is 3.40. The molecule has 0 saturated carbocycles. The molecule has 0 unspecified atom stereocenters. The number of aliphatic hydroxyl groups excluding tert-OH is 1. The van der Waals surface area contributed by atoms with E-state index in [-0.39, 0.29) is 6.61 Å². The Hall–Kier alpha value is -2.18. The normalized spacial score (nSPS) is 12.3. The predicted molar refractivity (Wildman–Crippen MR) is 92.1 cm³/mol. The molecule has 0 spiro atoms. The number of anilines is 1. The molecule has 3 aromatic rings. The lowest BCUT2D eigenvalue weighted by Gasteiger charge is -2.08. The van der Waals surface area contributed by atoms with Gasteiger partial charge in [0, 0.05) is 18.3 Å². The number of hydrogen-bond donors (Lipinski definition) is 2. The standard InChI is InChI=1S/C17H17FN2O2S/c1-19-12-4-2-11(3-5-12)17-20-15-7-6-14(8-16(15)23-17)22-10-13(21)9-18/h2-8,13,19,21H,9-10H2,1H3/t13-/m1/s1/i18-1. The minimum atomic E-state index is -1.09. The maximum atomic E-state index is 12.2. The SMILES string of the molecule is CNc1ccc(-c2nc3ccc(OC[C@H](O)C[18F])cc3s2)cc1. The Morgan fingerprint density at radius 3 is 2.74 bits per heavy atom. The number of hydrogen-bond acceptors (Lipinski definition) is 5. The summed E-state index contributed by atoms with van der Waals surface area (Å²) in [4.78, 5) is 4.62.